The molecule has 1 N–H and O–H groups in total. The van der Waals surface area contributed by atoms with Crippen molar-refractivity contribution < 1.29 is 14.3 Å². The average Bonchev–Trinajstić information content (AvgIpc) is 3.37. The number of carbonyl (C=O) groups excluding carboxylic acids is 2. The summed E-state index contributed by atoms with van der Waals surface area (Å²) in [6.07, 6.45) is 4.61. The van der Waals surface area contributed by atoms with Gasteiger partial charge in [0.2, 0.25) is 0 Å². The molecule has 1 aromatic carbocycles. The van der Waals surface area contributed by atoms with Crippen molar-refractivity contribution in [1.82, 2.24) is 24.2 Å². The minimum Gasteiger partial charge on any atom is -0.443 e. The zero-order chi connectivity index (χ0) is 26.4. The zero-order valence-corrected chi connectivity index (χ0v) is 22.3. The summed E-state index contributed by atoms with van der Waals surface area (Å²) < 4.78 is 8.84. The van der Waals surface area contributed by atoms with Gasteiger partial charge in [0.25, 0.3) is 5.91 Å². The smallest absolute Gasteiger partial charge is 0.419 e. The van der Waals surface area contributed by atoms with Crippen molar-refractivity contribution in [3.05, 3.63) is 58.5 Å². The van der Waals surface area contributed by atoms with E-state index in [1.807, 2.05) is 33.0 Å². The molecule has 0 aliphatic rings. The number of nitrogens with zero attached hydrogens (tertiary/aromatic N) is 5. The van der Waals surface area contributed by atoms with Crippen LogP contribution in [0.2, 0.25) is 10.0 Å². The molecule has 9 nitrogen and oxygen atoms in total. The van der Waals surface area contributed by atoms with Gasteiger partial charge in [-0.05, 0) is 39.0 Å². The van der Waals surface area contributed by atoms with Gasteiger partial charge in [-0.15, -0.1) is 0 Å². The molecular weight excluding hydrogens is 503 g/mol. The van der Waals surface area contributed by atoms with E-state index in [0.29, 0.717) is 28.3 Å². The Hall–Kier alpha value is -3.56. The lowest BCUT2D eigenvalue weighted by molar-refractivity contribution is 0.0547. The minimum atomic E-state index is -0.694. The molecule has 4 aromatic rings. The fraction of sp³-hybridized carbons (Fsp3) is 0.280. The first-order valence-electron chi connectivity index (χ1n) is 11.1. The summed E-state index contributed by atoms with van der Waals surface area (Å²) in [4.78, 5) is 31.5. The summed E-state index contributed by atoms with van der Waals surface area (Å²) in [5.41, 5.74) is 2.01. The number of nitrogens with one attached hydrogen (secondary N) is 1. The lowest BCUT2D eigenvalue weighted by Gasteiger charge is -2.21. The van der Waals surface area contributed by atoms with E-state index in [1.54, 1.807) is 56.4 Å². The number of pyridine rings is 1. The van der Waals surface area contributed by atoms with E-state index >= 15 is 0 Å². The molecule has 11 heteroatoms. The zero-order valence-electron chi connectivity index (χ0n) is 20.8. The number of carbonyl (C=O) groups is 2. The standard InChI is InChI=1S/C25H26Cl2N6O3/c1-25(2,3)36-24(35)33-19(16-12-29-32(6)13-16)9-15-11-28-21(10-20(15)33)30-22-17(26)7-14(8-18(22)27)23(34)31(4)5/h7-13H,1-6H3,(H,28,30). The second kappa shape index (κ2) is 9.48. The van der Waals surface area contributed by atoms with Crippen molar-refractivity contribution >= 4 is 57.6 Å². The SMILES string of the molecule is CN(C)C(=O)c1cc(Cl)c(Nc2cc3c(cn2)cc(-c2cnn(C)c2)n3C(=O)OC(C)(C)C)c(Cl)c1. The van der Waals surface area contributed by atoms with Crippen LogP contribution in [0.3, 0.4) is 0 Å². The molecular formula is C25H26Cl2N6O3. The number of benzene rings is 1. The Balaban J connectivity index is 1.79. The Morgan fingerprint density at radius 2 is 1.72 bits per heavy atom. The van der Waals surface area contributed by atoms with Gasteiger partial charge in [-0.2, -0.15) is 5.10 Å². The quantitative estimate of drug-likeness (QED) is 0.350. The lowest BCUT2D eigenvalue weighted by atomic mass is 10.2. The lowest BCUT2D eigenvalue weighted by Crippen LogP contribution is -2.27. The monoisotopic (exact) mass is 528 g/mol. The number of amides is 1. The highest BCUT2D eigenvalue weighted by Gasteiger charge is 2.24. The summed E-state index contributed by atoms with van der Waals surface area (Å²) in [6, 6.07) is 6.65. The third-order valence-electron chi connectivity index (χ3n) is 5.21. The normalized spacial score (nSPS) is 11.6. The molecule has 0 bridgehead atoms. The molecule has 3 aromatic heterocycles. The number of hydrogen-bond donors (Lipinski definition) is 1. The molecule has 0 spiro atoms. The molecule has 0 radical (unpaired) electrons. The molecule has 0 atom stereocenters. The van der Waals surface area contributed by atoms with Crippen molar-refractivity contribution in [2.75, 3.05) is 19.4 Å². The highest BCUT2D eigenvalue weighted by atomic mass is 35.5. The highest BCUT2D eigenvalue weighted by molar-refractivity contribution is 6.39. The topological polar surface area (TPSA) is 94.3 Å². The van der Waals surface area contributed by atoms with Crippen LogP contribution in [-0.4, -0.2) is 55.9 Å². The number of ether oxygens (including phenoxy) is 1. The van der Waals surface area contributed by atoms with Crippen LogP contribution in [0, 0.1) is 0 Å². The molecule has 188 valence electrons. The van der Waals surface area contributed by atoms with E-state index in [2.05, 4.69) is 15.4 Å². The predicted octanol–water partition coefficient (Wildman–Crippen LogP) is 5.97. The van der Waals surface area contributed by atoms with Crippen LogP contribution in [0.1, 0.15) is 31.1 Å². The van der Waals surface area contributed by atoms with E-state index in [-0.39, 0.29) is 16.0 Å². The summed E-state index contributed by atoms with van der Waals surface area (Å²) >= 11 is 12.9. The maximum atomic E-state index is 13.3. The molecule has 1 amide bonds. The molecule has 3 heterocycles. The van der Waals surface area contributed by atoms with Crippen LogP contribution >= 0.6 is 23.2 Å². The van der Waals surface area contributed by atoms with Crippen LogP contribution in [-0.2, 0) is 11.8 Å². The largest absolute Gasteiger partial charge is 0.443 e. The van der Waals surface area contributed by atoms with Crippen molar-refractivity contribution in [3.8, 4) is 11.3 Å². The van der Waals surface area contributed by atoms with Gasteiger partial charge in [0.1, 0.15) is 11.4 Å². The number of fused-ring (bicyclic) bond motifs is 1. The van der Waals surface area contributed by atoms with Gasteiger partial charge in [-0.25, -0.2) is 14.3 Å². The van der Waals surface area contributed by atoms with Gasteiger partial charge >= 0.3 is 6.09 Å². The summed E-state index contributed by atoms with van der Waals surface area (Å²) in [7, 11) is 5.10. The first-order chi connectivity index (χ1) is 16.8. The molecule has 36 heavy (non-hydrogen) atoms. The third-order valence-corrected chi connectivity index (χ3v) is 5.81. The first-order valence-corrected chi connectivity index (χ1v) is 11.8. The fourth-order valence-corrected chi connectivity index (χ4v) is 4.22. The number of anilines is 2. The number of aryl methyl sites for hydroxylation is 1. The van der Waals surface area contributed by atoms with E-state index < -0.39 is 11.7 Å². The molecule has 0 aliphatic heterocycles. The minimum absolute atomic E-state index is 0.219. The number of aromatic nitrogens is 4. The molecule has 0 aliphatic carbocycles. The van der Waals surface area contributed by atoms with Crippen LogP contribution in [0.5, 0.6) is 0 Å². The maximum absolute atomic E-state index is 13.3. The number of rotatable bonds is 4. The Labute approximate surface area is 218 Å². The van der Waals surface area contributed by atoms with Crippen molar-refractivity contribution in [2.45, 2.75) is 26.4 Å². The second-order valence-corrected chi connectivity index (χ2v) is 10.3. The predicted molar refractivity (Wildman–Crippen MR) is 141 cm³/mol. The summed E-state index contributed by atoms with van der Waals surface area (Å²) in [5, 5.41) is 8.59. The van der Waals surface area contributed by atoms with Crippen molar-refractivity contribution in [3.63, 3.8) is 0 Å². The molecule has 0 saturated carbocycles. The summed E-state index contributed by atoms with van der Waals surface area (Å²) in [5.74, 6) is 0.182. The summed E-state index contributed by atoms with van der Waals surface area (Å²) in [6.45, 7) is 5.43. The Bertz CT molecular complexity index is 1460. The Morgan fingerprint density at radius 1 is 1.06 bits per heavy atom. The first kappa shape index (κ1) is 25.5. The van der Waals surface area contributed by atoms with Crippen molar-refractivity contribution in [1.29, 1.82) is 0 Å². The maximum Gasteiger partial charge on any atom is 0.419 e. The Morgan fingerprint density at radius 3 is 2.28 bits per heavy atom. The van der Waals surface area contributed by atoms with Crippen LogP contribution < -0.4 is 5.32 Å². The van der Waals surface area contributed by atoms with E-state index in [0.717, 1.165) is 10.9 Å². The highest BCUT2D eigenvalue weighted by Crippen LogP contribution is 2.36. The fourth-order valence-electron chi connectivity index (χ4n) is 3.64. The van der Waals surface area contributed by atoms with E-state index in [4.69, 9.17) is 27.9 Å². The van der Waals surface area contributed by atoms with Gasteiger partial charge in [-0.1, -0.05) is 23.2 Å². The third kappa shape index (κ3) is 5.17. The second-order valence-electron chi connectivity index (χ2n) is 9.52. The van der Waals surface area contributed by atoms with Gasteiger partial charge in [0.05, 0.1) is 33.1 Å². The number of halogens is 2. The van der Waals surface area contributed by atoms with Crippen molar-refractivity contribution in [2.24, 2.45) is 7.05 Å². The molecule has 4 rings (SSSR count). The Kier molecular flexibility index (Phi) is 6.72. The van der Waals surface area contributed by atoms with E-state index in [1.165, 1.54) is 9.47 Å². The van der Waals surface area contributed by atoms with Gasteiger partial charge in [0, 0.05) is 56.1 Å². The van der Waals surface area contributed by atoms with Crippen LogP contribution in [0.15, 0.2) is 42.9 Å². The molecule has 0 fully saturated rings. The average molecular weight is 529 g/mol. The van der Waals surface area contributed by atoms with Crippen LogP contribution in [0.4, 0.5) is 16.3 Å². The number of hydrogen-bond acceptors (Lipinski definition) is 6. The van der Waals surface area contributed by atoms with Gasteiger partial charge in [0.15, 0.2) is 0 Å². The van der Waals surface area contributed by atoms with Crippen LogP contribution in [0.25, 0.3) is 22.2 Å². The van der Waals surface area contributed by atoms with E-state index in [9.17, 15) is 9.59 Å². The van der Waals surface area contributed by atoms with Gasteiger partial charge < -0.3 is 15.0 Å². The van der Waals surface area contributed by atoms with Gasteiger partial charge in [-0.3, -0.25) is 9.48 Å². The molecule has 0 saturated heterocycles. The molecule has 0 unspecified atom stereocenters.